The van der Waals surface area contributed by atoms with Crippen molar-refractivity contribution in [1.29, 1.82) is 0 Å². The highest BCUT2D eigenvalue weighted by molar-refractivity contribution is 5.92. The molecule has 0 saturated carbocycles. The Morgan fingerprint density at radius 1 is 1.00 bits per heavy atom. The van der Waals surface area contributed by atoms with Crippen molar-refractivity contribution < 1.29 is 9.59 Å². The highest BCUT2D eigenvalue weighted by Gasteiger charge is 2.27. The summed E-state index contributed by atoms with van der Waals surface area (Å²) in [4.78, 5) is 29.5. The molecule has 2 aromatic carbocycles. The maximum atomic E-state index is 12.7. The molecule has 32 heavy (non-hydrogen) atoms. The zero-order chi connectivity index (χ0) is 22.3. The zero-order valence-electron chi connectivity index (χ0n) is 18.9. The van der Waals surface area contributed by atoms with Crippen LogP contribution in [-0.2, 0) is 22.6 Å². The minimum absolute atomic E-state index is 0.00793. The van der Waals surface area contributed by atoms with E-state index in [1.165, 1.54) is 11.1 Å². The van der Waals surface area contributed by atoms with E-state index in [-0.39, 0.29) is 17.7 Å². The summed E-state index contributed by atoms with van der Waals surface area (Å²) in [6.45, 7) is 6.10. The van der Waals surface area contributed by atoms with Gasteiger partial charge in [-0.05, 0) is 49.0 Å². The minimum atomic E-state index is -0.00793. The molecule has 5 nitrogen and oxygen atoms in total. The number of amides is 2. The van der Waals surface area contributed by atoms with Gasteiger partial charge in [-0.15, -0.1) is 0 Å². The first-order valence-electron chi connectivity index (χ1n) is 11.7. The normalized spacial score (nSPS) is 18.3. The van der Waals surface area contributed by atoms with Gasteiger partial charge in [0.1, 0.15) is 0 Å². The molecule has 1 N–H and O–H groups in total. The Bertz CT molecular complexity index is 948. The van der Waals surface area contributed by atoms with Crippen LogP contribution in [0.1, 0.15) is 36.5 Å². The number of carbonyl (C=O) groups is 2. The van der Waals surface area contributed by atoms with Crippen LogP contribution in [0.25, 0.3) is 6.08 Å². The lowest BCUT2D eigenvalue weighted by atomic mass is 9.95. The van der Waals surface area contributed by atoms with Crippen LogP contribution in [-0.4, -0.2) is 53.8 Å². The van der Waals surface area contributed by atoms with Crippen molar-refractivity contribution in [2.24, 2.45) is 5.92 Å². The molecule has 0 radical (unpaired) electrons. The van der Waals surface area contributed by atoms with Crippen molar-refractivity contribution in [1.82, 2.24) is 15.1 Å². The molecule has 2 amide bonds. The summed E-state index contributed by atoms with van der Waals surface area (Å²) in [5, 5.41) is 3.17. The topological polar surface area (TPSA) is 52.7 Å². The van der Waals surface area contributed by atoms with E-state index in [2.05, 4.69) is 41.4 Å². The molecule has 1 unspecified atom stereocenters. The largest absolute Gasteiger partial charge is 0.354 e. The molecule has 2 aliphatic heterocycles. The fourth-order valence-electron chi connectivity index (χ4n) is 4.61. The van der Waals surface area contributed by atoms with Gasteiger partial charge < -0.3 is 10.2 Å². The lowest BCUT2D eigenvalue weighted by molar-refractivity contribution is -0.132. The quantitative estimate of drug-likeness (QED) is 0.713. The summed E-state index contributed by atoms with van der Waals surface area (Å²) in [7, 11) is 0. The number of carbonyl (C=O) groups excluding carboxylic acids is 2. The van der Waals surface area contributed by atoms with Crippen molar-refractivity contribution in [3.05, 3.63) is 77.4 Å². The molecule has 168 valence electrons. The smallest absolute Gasteiger partial charge is 0.246 e. The fraction of sp³-hybridized carbons (Fsp3) is 0.407. The van der Waals surface area contributed by atoms with Crippen molar-refractivity contribution in [3.8, 4) is 0 Å². The van der Waals surface area contributed by atoms with Crippen LogP contribution >= 0.6 is 0 Å². The molecule has 0 aromatic heterocycles. The average molecular weight is 432 g/mol. The Morgan fingerprint density at radius 2 is 1.69 bits per heavy atom. The second kappa shape index (κ2) is 10.6. The van der Waals surface area contributed by atoms with E-state index in [0.29, 0.717) is 25.7 Å². The van der Waals surface area contributed by atoms with Gasteiger partial charge in [-0.1, -0.05) is 54.6 Å². The third-order valence-electron chi connectivity index (χ3n) is 6.75. The van der Waals surface area contributed by atoms with Crippen LogP contribution in [0.5, 0.6) is 0 Å². The summed E-state index contributed by atoms with van der Waals surface area (Å²) in [5.41, 5.74) is 3.86. The van der Waals surface area contributed by atoms with E-state index in [4.69, 9.17) is 0 Å². The van der Waals surface area contributed by atoms with Crippen molar-refractivity contribution in [3.63, 3.8) is 0 Å². The summed E-state index contributed by atoms with van der Waals surface area (Å²) >= 11 is 0. The highest BCUT2D eigenvalue weighted by atomic mass is 16.2. The molecular weight excluding hydrogens is 398 g/mol. The Hall–Kier alpha value is -2.92. The SMILES string of the molecule is CC(CNC(=O)C1CCN(C(=O)C=Cc2ccccc2)CC1)N1CCc2ccccc2C1. The number of nitrogens with zero attached hydrogens (tertiary/aromatic N) is 2. The van der Waals surface area contributed by atoms with Gasteiger partial charge in [0.15, 0.2) is 0 Å². The predicted octanol–water partition coefficient (Wildman–Crippen LogP) is 3.50. The van der Waals surface area contributed by atoms with Crippen LogP contribution in [0.4, 0.5) is 0 Å². The van der Waals surface area contributed by atoms with Crippen molar-refractivity contribution in [2.45, 2.75) is 38.8 Å². The fourth-order valence-corrected chi connectivity index (χ4v) is 4.61. The molecule has 2 heterocycles. The summed E-state index contributed by atoms with van der Waals surface area (Å²) in [6.07, 6.45) is 6.00. The van der Waals surface area contributed by atoms with Gasteiger partial charge in [-0.2, -0.15) is 0 Å². The lowest BCUT2D eigenvalue weighted by Crippen LogP contribution is -2.47. The van der Waals surface area contributed by atoms with Crippen LogP contribution in [0.2, 0.25) is 0 Å². The van der Waals surface area contributed by atoms with Crippen LogP contribution in [0.15, 0.2) is 60.7 Å². The van der Waals surface area contributed by atoms with E-state index in [0.717, 1.165) is 37.9 Å². The van der Waals surface area contributed by atoms with Crippen LogP contribution in [0.3, 0.4) is 0 Å². The molecule has 2 aromatic rings. The Balaban J connectivity index is 1.19. The van der Waals surface area contributed by atoms with Gasteiger partial charge in [-0.3, -0.25) is 14.5 Å². The van der Waals surface area contributed by atoms with Gasteiger partial charge in [0.25, 0.3) is 0 Å². The summed E-state index contributed by atoms with van der Waals surface area (Å²) in [5.74, 6) is 0.138. The van der Waals surface area contributed by atoms with Crippen molar-refractivity contribution in [2.75, 3.05) is 26.2 Å². The second-order valence-corrected chi connectivity index (χ2v) is 8.93. The number of fused-ring (bicyclic) bond motifs is 1. The van der Waals surface area contributed by atoms with E-state index in [9.17, 15) is 9.59 Å². The summed E-state index contributed by atoms with van der Waals surface area (Å²) < 4.78 is 0. The molecule has 2 aliphatic rings. The number of hydrogen-bond donors (Lipinski definition) is 1. The first-order chi connectivity index (χ1) is 15.6. The Kier molecular flexibility index (Phi) is 7.38. The number of benzene rings is 2. The monoisotopic (exact) mass is 431 g/mol. The molecular formula is C27H33N3O2. The summed E-state index contributed by atoms with van der Waals surface area (Å²) in [6, 6.07) is 18.8. The van der Waals surface area contributed by atoms with E-state index >= 15 is 0 Å². The number of likely N-dealkylation sites (tertiary alicyclic amines) is 1. The van der Waals surface area contributed by atoms with Crippen LogP contribution in [0, 0.1) is 5.92 Å². The number of piperidine rings is 1. The first kappa shape index (κ1) is 22.3. The molecule has 0 bridgehead atoms. The Labute approximate surface area is 191 Å². The molecule has 1 saturated heterocycles. The number of rotatable bonds is 6. The van der Waals surface area contributed by atoms with Crippen molar-refractivity contribution >= 4 is 17.9 Å². The second-order valence-electron chi connectivity index (χ2n) is 8.93. The predicted molar refractivity (Wildman–Crippen MR) is 128 cm³/mol. The number of hydrogen-bond acceptors (Lipinski definition) is 3. The lowest BCUT2D eigenvalue weighted by Gasteiger charge is -2.34. The molecule has 1 fully saturated rings. The minimum Gasteiger partial charge on any atom is -0.354 e. The van der Waals surface area contributed by atoms with Crippen LogP contribution < -0.4 is 5.32 Å². The standard InChI is InChI=1S/C27H33N3O2/c1-21(30-18-13-23-9-5-6-10-25(23)20-30)19-28-27(32)24-14-16-29(17-15-24)26(31)12-11-22-7-3-2-4-8-22/h2-12,21,24H,13-20H2,1H3,(H,28,32). The van der Waals surface area contributed by atoms with Gasteiger partial charge in [0.05, 0.1) is 0 Å². The van der Waals surface area contributed by atoms with Gasteiger partial charge in [0.2, 0.25) is 11.8 Å². The van der Waals surface area contributed by atoms with Gasteiger partial charge in [-0.25, -0.2) is 0 Å². The third kappa shape index (κ3) is 5.65. The molecule has 4 rings (SSSR count). The average Bonchev–Trinajstić information content (AvgIpc) is 2.86. The maximum absolute atomic E-state index is 12.7. The van der Waals surface area contributed by atoms with E-state index < -0.39 is 0 Å². The van der Waals surface area contributed by atoms with E-state index in [1.54, 1.807) is 6.08 Å². The van der Waals surface area contributed by atoms with Gasteiger partial charge >= 0.3 is 0 Å². The molecule has 0 aliphatic carbocycles. The first-order valence-corrected chi connectivity index (χ1v) is 11.7. The van der Waals surface area contributed by atoms with Gasteiger partial charge in [0, 0.05) is 50.8 Å². The van der Waals surface area contributed by atoms with E-state index in [1.807, 2.05) is 41.3 Å². The molecule has 0 spiro atoms. The zero-order valence-corrected chi connectivity index (χ0v) is 18.9. The molecule has 1 atom stereocenters. The Morgan fingerprint density at radius 3 is 2.44 bits per heavy atom. The molecule has 5 heteroatoms. The maximum Gasteiger partial charge on any atom is 0.246 e. The number of nitrogens with one attached hydrogen (secondary N) is 1. The third-order valence-corrected chi connectivity index (χ3v) is 6.75. The highest BCUT2D eigenvalue weighted by Crippen LogP contribution is 2.21.